The van der Waals surface area contributed by atoms with Gasteiger partial charge in [-0.05, 0) is 26.7 Å². The first-order valence-corrected chi connectivity index (χ1v) is 10.8. The zero-order chi connectivity index (χ0) is 19.8. The Morgan fingerprint density at radius 3 is 2.78 bits per heavy atom. The van der Waals surface area contributed by atoms with Crippen molar-refractivity contribution in [2.75, 3.05) is 6.61 Å². The van der Waals surface area contributed by atoms with Gasteiger partial charge in [0, 0.05) is 12.3 Å². The largest absolute Gasteiger partial charge is 0.475 e. The molecule has 0 bridgehead atoms. The smallest absolute Gasteiger partial charge is 0.368 e. The second-order valence-electron chi connectivity index (χ2n) is 6.85. The number of halogens is 1. The van der Waals surface area contributed by atoms with Crippen LogP contribution in [-0.4, -0.2) is 46.0 Å². The Hall–Kier alpha value is -0.960. The molecular formula is C16H24ClN2O7P. The Bertz CT molecular complexity index is 825. The van der Waals surface area contributed by atoms with Crippen LogP contribution >= 0.6 is 19.4 Å². The minimum Gasteiger partial charge on any atom is -0.368 e. The number of H-pyrrole nitrogens is 1. The van der Waals surface area contributed by atoms with Crippen LogP contribution < -0.4 is 11.2 Å². The van der Waals surface area contributed by atoms with Gasteiger partial charge in [0.15, 0.2) is 0 Å². The molecule has 1 N–H and O–H groups in total. The van der Waals surface area contributed by atoms with Gasteiger partial charge in [-0.1, -0.05) is 6.92 Å². The van der Waals surface area contributed by atoms with E-state index in [1.165, 1.54) is 16.8 Å². The molecule has 1 aliphatic heterocycles. The highest BCUT2D eigenvalue weighted by Gasteiger charge is 2.49. The summed E-state index contributed by atoms with van der Waals surface area (Å²) in [6, 6.07) is 1.10. The number of alkyl halides is 1. The van der Waals surface area contributed by atoms with E-state index in [1.54, 1.807) is 13.8 Å². The van der Waals surface area contributed by atoms with Crippen molar-refractivity contribution in [3.05, 3.63) is 33.1 Å². The summed E-state index contributed by atoms with van der Waals surface area (Å²) in [7, 11) is -3.70. The van der Waals surface area contributed by atoms with Gasteiger partial charge in [0.2, 0.25) is 0 Å². The van der Waals surface area contributed by atoms with Gasteiger partial charge < -0.3 is 4.74 Å². The molecule has 2 aliphatic rings. The predicted molar refractivity (Wildman–Crippen MR) is 98.2 cm³/mol. The lowest BCUT2D eigenvalue weighted by atomic mass is 10.1. The molecule has 0 aromatic carbocycles. The number of nitrogens with zero attached hydrogens (tertiary/aromatic N) is 1. The molecule has 9 nitrogen and oxygen atoms in total. The summed E-state index contributed by atoms with van der Waals surface area (Å²) in [5, 5.41) is -0.485. The predicted octanol–water partition coefficient (Wildman–Crippen LogP) is 2.20. The Morgan fingerprint density at radius 1 is 1.41 bits per heavy atom. The minimum absolute atomic E-state index is 0.0131. The van der Waals surface area contributed by atoms with Crippen LogP contribution in [0.1, 0.15) is 39.7 Å². The van der Waals surface area contributed by atoms with Crippen LogP contribution in [0.15, 0.2) is 21.9 Å². The number of hydrogen-bond acceptors (Lipinski definition) is 7. The van der Waals surface area contributed by atoms with Gasteiger partial charge in [-0.25, -0.2) is 9.36 Å². The van der Waals surface area contributed by atoms with E-state index < -0.39 is 36.7 Å². The summed E-state index contributed by atoms with van der Waals surface area (Å²) < 4.78 is 36.4. The lowest BCUT2D eigenvalue weighted by Gasteiger charge is -2.37. The SMILES string of the molecule is CCC(C)O[P@]1(=O)OC[C@@H](O[C@@H]2CC2n2ccc(=O)[nH]c2=O)[C@H](C(C)Cl)O1. The van der Waals surface area contributed by atoms with E-state index in [4.69, 9.17) is 29.9 Å². The first kappa shape index (κ1) is 20.8. The van der Waals surface area contributed by atoms with Gasteiger partial charge in [0.25, 0.3) is 5.56 Å². The van der Waals surface area contributed by atoms with Gasteiger partial charge in [0.05, 0.1) is 30.2 Å². The van der Waals surface area contributed by atoms with Crippen LogP contribution in [0.25, 0.3) is 0 Å². The average molecular weight is 423 g/mol. The molecule has 3 rings (SSSR count). The number of hydrogen-bond donors (Lipinski definition) is 1. The standard InChI is InChI=1S/C16H24ClN2O7P/c1-4-9(2)25-27(22)23-8-13(15(26-27)10(3)17)24-12-7-11(12)19-6-5-14(20)18-16(19)21/h5-6,9-13,15H,4,7-8H2,1-3H3,(H,18,20,21)/t9?,10?,11?,12-,13-,15+,27+/m1/s1. The summed E-state index contributed by atoms with van der Waals surface area (Å²) in [4.78, 5) is 25.3. The first-order valence-electron chi connectivity index (χ1n) is 8.95. The van der Waals surface area contributed by atoms with Gasteiger partial charge >= 0.3 is 13.5 Å². The third-order valence-corrected chi connectivity index (χ3v) is 6.44. The van der Waals surface area contributed by atoms with Crippen LogP contribution in [0.2, 0.25) is 0 Å². The van der Waals surface area contributed by atoms with Crippen molar-refractivity contribution in [3.63, 3.8) is 0 Å². The van der Waals surface area contributed by atoms with E-state index in [-0.39, 0.29) is 24.9 Å². The molecule has 1 saturated carbocycles. The van der Waals surface area contributed by atoms with Crippen molar-refractivity contribution < 1.29 is 22.9 Å². The van der Waals surface area contributed by atoms with E-state index in [1.807, 2.05) is 6.92 Å². The molecule has 1 aromatic rings. The van der Waals surface area contributed by atoms with Gasteiger partial charge in [-0.3, -0.25) is 27.9 Å². The Balaban J connectivity index is 1.64. The average Bonchev–Trinajstić information content (AvgIpc) is 3.35. The molecule has 0 radical (unpaired) electrons. The Kier molecular flexibility index (Phi) is 6.30. The number of rotatable bonds is 7. The van der Waals surface area contributed by atoms with Gasteiger partial charge in [-0.2, -0.15) is 0 Å². The second-order valence-corrected chi connectivity index (χ2v) is 9.11. The molecule has 2 fully saturated rings. The lowest BCUT2D eigenvalue weighted by molar-refractivity contribution is -0.107. The maximum atomic E-state index is 12.7. The fraction of sp³-hybridized carbons (Fsp3) is 0.750. The molecule has 0 spiro atoms. The van der Waals surface area contributed by atoms with Crippen molar-refractivity contribution in [3.8, 4) is 0 Å². The summed E-state index contributed by atoms with van der Waals surface area (Å²) in [6.07, 6.45) is 0.954. The number of aromatic nitrogens is 2. The summed E-state index contributed by atoms with van der Waals surface area (Å²) in [5.41, 5.74) is -0.931. The fourth-order valence-corrected chi connectivity index (χ4v) is 4.86. The number of nitrogens with one attached hydrogen (secondary N) is 1. The number of aromatic amines is 1. The molecule has 0 amide bonds. The van der Waals surface area contributed by atoms with Crippen LogP contribution in [0.5, 0.6) is 0 Å². The zero-order valence-electron chi connectivity index (χ0n) is 15.4. The highest BCUT2D eigenvalue weighted by molar-refractivity contribution is 7.48. The minimum atomic E-state index is -3.70. The zero-order valence-corrected chi connectivity index (χ0v) is 17.0. The highest BCUT2D eigenvalue weighted by Crippen LogP contribution is 2.56. The Morgan fingerprint density at radius 2 is 2.15 bits per heavy atom. The van der Waals surface area contributed by atoms with E-state index in [0.29, 0.717) is 12.8 Å². The Labute approximate surface area is 161 Å². The molecule has 11 heteroatoms. The van der Waals surface area contributed by atoms with Crippen LogP contribution in [0.4, 0.5) is 0 Å². The summed E-state index contributed by atoms with van der Waals surface area (Å²) in [5.74, 6) is 0. The number of phosphoric ester groups is 1. The molecule has 1 aliphatic carbocycles. The van der Waals surface area contributed by atoms with Crippen LogP contribution in [0, 0.1) is 0 Å². The van der Waals surface area contributed by atoms with Gasteiger partial charge in [0.1, 0.15) is 12.2 Å². The summed E-state index contributed by atoms with van der Waals surface area (Å²) in [6.45, 7) is 5.42. The number of ether oxygens (including phenoxy) is 1. The quantitative estimate of drug-likeness (QED) is 0.530. The van der Waals surface area contributed by atoms with Crippen molar-refractivity contribution in [1.29, 1.82) is 0 Å². The molecule has 27 heavy (non-hydrogen) atoms. The summed E-state index contributed by atoms with van der Waals surface area (Å²) >= 11 is 6.22. The molecule has 1 saturated heterocycles. The molecule has 152 valence electrons. The van der Waals surface area contributed by atoms with Gasteiger partial charge in [-0.15, -0.1) is 11.6 Å². The fourth-order valence-electron chi connectivity index (χ4n) is 2.86. The van der Waals surface area contributed by atoms with E-state index >= 15 is 0 Å². The number of phosphoric acid groups is 1. The monoisotopic (exact) mass is 422 g/mol. The van der Waals surface area contributed by atoms with Crippen molar-refractivity contribution in [2.45, 2.75) is 69.4 Å². The van der Waals surface area contributed by atoms with Crippen LogP contribution in [-0.2, 0) is 22.9 Å². The first-order chi connectivity index (χ1) is 12.7. The molecule has 2 heterocycles. The molecule has 1 aromatic heterocycles. The topological polar surface area (TPSA) is 109 Å². The lowest BCUT2D eigenvalue weighted by Crippen LogP contribution is -2.44. The maximum Gasteiger partial charge on any atom is 0.475 e. The molecular weight excluding hydrogens is 399 g/mol. The van der Waals surface area contributed by atoms with Crippen LogP contribution in [0.3, 0.4) is 0 Å². The molecule has 7 atom stereocenters. The van der Waals surface area contributed by atoms with Crippen molar-refractivity contribution in [2.24, 2.45) is 0 Å². The third kappa shape index (κ3) is 4.91. The highest BCUT2D eigenvalue weighted by atomic mass is 35.5. The van der Waals surface area contributed by atoms with Crippen molar-refractivity contribution in [1.82, 2.24) is 9.55 Å². The normalized spacial score (nSPS) is 35.6. The van der Waals surface area contributed by atoms with E-state index in [2.05, 4.69) is 4.98 Å². The second kappa shape index (κ2) is 8.19. The molecule has 3 unspecified atom stereocenters. The van der Waals surface area contributed by atoms with E-state index in [0.717, 1.165) is 0 Å². The van der Waals surface area contributed by atoms with Crippen molar-refractivity contribution >= 4 is 19.4 Å². The maximum absolute atomic E-state index is 12.7. The third-order valence-electron chi connectivity index (χ3n) is 4.61. The van der Waals surface area contributed by atoms with E-state index in [9.17, 15) is 14.2 Å².